The lowest BCUT2D eigenvalue weighted by molar-refractivity contribution is 0.444. The van der Waals surface area contributed by atoms with Crippen molar-refractivity contribution in [1.29, 1.82) is 0 Å². The van der Waals surface area contributed by atoms with Gasteiger partial charge in [0.1, 0.15) is 0 Å². The van der Waals surface area contributed by atoms with Crippen molar-refractivity contribution in [3.05, 3.63) is 41.2 Å². The summed E-state index contributed by atoms with van der Waals surface area (Å²) in [7, 11) is 1.90. The summed E-state index contributed by atoms with van der Waals surface area (Å²) in [5.41, 5.74) is 3.12. The number of hydrogen-bond donors (Lipinski definition) is 0. The Balaban J connectivity index is 1.96. The van der Waals surface area contributed by atoms with Crippen molar-refractivity contribution in [2.75, 3.05) is 0 Å². The molecule has 1 atom stereocenters. The standard InChI is InChI=1S/C13H16N4/c1-13(9-12-14-15-16-17(12)2)8-7-10-5-3-4-6-11(10)13/h3-6H,7-9H2,1-2H3. The van der Waals surface area contributed by atoms with Crippen LogP contribution in [0.4, 0.5) is 0 Å². The van der Waals surface area contributed by atoms with Crippen LogP contribution in [-0.2, 0) is 25.3 Å². The lowest BCUT2D eigenvalue weighted by Gasteiger charge is -2.24. The summed E-state index contributed by atoms with van der Waals surface area (Å²) in [5.74, 6) is 0.962. The molecule has 0 amide bonds. The highest BCUT2D eigenvalue weighted by atomic mass is 15.5. The molecule has 0 N–H and O–H groups in total. The third kappa shape index (κ3) is 1.64. The fourth-order valence-electron chi connectivity index (χ4n) is 2.80. The molecule has 2 aromatic rings. The number of tetrazole rings is 1. The van der Waals surface area contributed by atoms with E-state index in [1.54, 1.807) is 4.68 Å². The summed E-state index contributed by atoms with van der Waals surface area (Å²) in [4.78, 5) is 0. The van der Waals surface area contributed by atoms with Crippen LogP contribution in [0.3, 0.4) is 0 Å². The lowest BCUT2D eigenvalue weighted by atomic mass is 9.81. The second kappa shape index (κ2) is 3.65. The van der Waals surface area contributed by atoms with E-state index in [1.807, 2.05) is 7.05 Å². The van der Waals surface area contributed by atoms with Crippen molar-refractivity contribution in [2.45, 2.75) is 31.6 Å². The van der Waals surface area contributed by atoms with Gasteiger partial charge in [0.2, 0.25) is 0 Å². The number of aromatic nitrogens is 4. The topological polar surface area (TPSA) is 43.6 Å². The molecule has 4 heteroatoms. The summed E-state index contributed by atoms with van der Waals surface area (Å²) in [6.45, 7) is 2.31. The highest BCUT2D eigenvalue weighted by Crippen LogP contribution is 2.40. The molecule has 0 saturated carbocycles. The van der Waals surface area contributed by atoms with Crippen molar-refractivity contribution < 1.29 is 0 Å². The minimum absolute atomic E-state index is 0.180. The van der Waals surface area contributed by atoms with Crippen LogP contribution >= 0.6 is 0 Å². The van der Waals surface area contributed by atoms with E-state index in [0.29, 0.717) is 0 Å². The van der Waals surface area contributed by atoms with Crippen LogP contribution in [-0.4, -0.2) is 20.2 Å². The summed E-state index contributed by atoms with van der Waals surface area (Å²) in [6, 6.07) is 8.72. The average molecular weight is 228 g/mol. The van der Waals surface area contributed by atoms with Gasteiger partial charge in [0, 0.05) is 18.9 Å². The zero-order chi connectivity index (χ0) is 11.9. The smallest absolute Gasteiger partial charge is 0.151 e. The van der Waals surface area contributed by atoms with Gasteiger partial charge in [-0.15, -0.1) is 5.10 Å². The van der Waals surface area contributed by atoms with Gasteiger partial charge in [-0.1, -0.05) is 31.2 Å². The third-order valence-electron chi connectivity index (χ3n) is 3.87. The molecule has 1 aliphatic rings. The first-order valence-electron chi connectivity index (χ1n) is 5.99. The van der Waals surface area contributed by atoms with Crippen molar-refractivity contribution in [2.24, 2.45) is 7.05 Å². The van der Waals surface area contributed by atoms with E-state index in [1.165, 1.54) is 17.5 Å². The van der Waals surface area contributed by atoms with Gasteiger partial charge < -0.3 is 0 Å². The number of aryl methyl sites for hydroxylation is 2. The predicted molar refractivity (Wildman–Crippen MR) is 64.6 cm³/mol. The Morgan fingerprint density at radius 1 is 1.35 bits per heavy atom. The SMILES string of the molecule is Cn1nnnc1CC1(C)CCc2ccccc21. The van der Waals surface area contributed by atoms with Crippen LogP contribution in [0, 0.1) is 0 Å². The molecule has 1 aromatic carbocycles. The van der Waals surface area contributed by atoms with E-state index in [2.05, 4.69) is 46.7 Å². The van der Waals surface area contributed by atoms with Gasteiger partial charge in [0.25, 0.3) is 0 Å². The Labute approximate surface area is 101 Å². The monoisotopic (exact) mass is 228 g/mol. The molecule has 1 aromatic heterocycles. The Morgan fingerprint density at radius 2 is 2.18 bits per heavy atom. The molecule has 0 spiro atoms. The van der Waals surface area contributed by atoms with E-state index < -0.39 is 0 Å². The maximum Gasteiger partial charge on any atom is 0.151 e. The largest absolute Gasteiger partial charge is 0.233 e. The Kier molecular flexibility index (Phi) is 2.24. The normalized spacial score (nSPS) is 22.7. The molecule has 0 fully saturated rings. The molecule has 88 valence electrons. The molecule has 1 heterocycles. The minimum Gasteiger partial charge on any atom is -0.233 e. The molecular formula is C13H16N4. The van der Waals surface area contributed by atoms with E-state index >= 15 is 0 Å². The summed E-state index contributed by atoms with van der Waals surface area (Å²) in [5, 5.41) is 11.7. The van der Waals surface area contributed by atoms with E-state index in [4.69, 9.17) is 0 Å². The average Bonchev–Trinajstić information content (AvgIpc) is 2.87. The molecule has 4 nitrogen and oxygen atoms in total. The minimum atomic E-state index is 0.180. The van der Waals surface area contributed by atoms with Gasteiger partial charge in [-0.05, 0) is 34.4 Å². The maximum atomic E-state index is 4.10. The van der Waals surface area contributed by atoms with Crippen molar-refractivity contribution >= 4 is 0 Å². The van der Waals surface area contributed by atoms with Gasteiger partial charge in [-0.2, -0.15) is 0 Å². The van der Waals surface area contributed by atoms with Gasteiger partial charge in [0.15, 0.2) is 5.82 Å². The number of fused-ring (bicyclic) bond motifs is 1. The number of hydrogen-bond acceptors (Lipinski definition) is 3. The van der Waals surface area contributed by atoms with Crippen LogP contribution in [0.2, 0.25) is 0 Å². The Morgan fingerprint density at radius 3 is 2.94 bits per heavy atom. The van der Waals surface area contributed by atoms with Crippen LogP contribution < -0.4 is 0 Å². The molecule has 0 saturated heterocycles. The summed E-state index contributed by atoms with van der Waals surface area (Å²) < 4.78 is 1.77. The first kappa shape index (κ1) is 10.4. The van der Waals surface area contributed by atoms with Gasteiger partial charge in [0.05, 0.1) is 0 Å². The van der Waals surface area contributed by atoms with Crippen LogP contribution in [0.1, 0.15) is 30.3 Å². The highest BCUT2D eigenvalue weighted by molar-refractivity contribution is 5.39. The zero-order valence-electron chi connectivity index (χ0n) is 10.2. The lowest BCUT2D eigenvalue weighted by Crippen LogP contribution is -2.23. The maximum absolute atomic E-state index is 4.10. The first-order valence-corrected chi connectivity index (χ1v) is 5.99. The zero-order valence-corrected chi connectivity index (χ0v) is 10.2. The number of benzene rings is 1. The molecule has 0 aliphatic heterocycles. The second-order valence-corrected chi connectivity index (χ2v) is 5.11. The van der Waals surface area contributed by atoms with E-state index in [0.717, 1.165) is 18.7 Å². The molecule has 1 unspecified atom stereocenters. The first-order chi connectivity index (χ1) is 8.19. The Bertz CT molecular complexity index is 546. The van der Waals surface area contributed by atoms with Crippen LogP contribution in [0.5, 0.6) is 0 Å². The van der Waals surface area contributed by atoms with Gasteiger partial charge in [-0.25, -0.2) is 4.68 Å². The molecular weight excluding hydrogens is 212 g/mol. The Hall–Kier alpha value is -1.71. The highest BCUT2D eigenvalue weighted by Gasteiger charge is 2.35. The van der Waals surface area contributed by atoms with Crippen molar-refractivity contribution in [1.82, 2.24) is 20.2 Å². The number of rotatable bonds is 2. The van der Waals surface area contributed by atoms with Gasteiger partial charge in [-0.3, -0.25) is 0 Å². The second-order valence-electron chi connectivity index (χ2n) is 5.11. The van der Waals surface area contributed by atoms with Crippen LogP contribution in [0.25, 0.3) is 0 Å². The fraction of sp³-hybridized carbons (Fsp3) is 0.462. The third-order valence-corrected chi connectivity index (χ3v) is 3.87. The van der Waals surface area contributed by atoms with Gasteiger partial charge >= 0.3 is 0 Å². The molecule has 0 bridgehead atoms. The van der Waals surface area contributed by atoms with Crippen molar-refractivity contribution in [3.8, 4) is 0 Å². The number of nitrogens with zero attached hydrogens (tertiary/aromatic N) is 4. The summed E-state index contributed by atoms with van der Waals surface area (Å²) in [6.07, 6.45) is 3.25. The summed E-state index contributed by atoms with van der Waals surface area (Å²) >= 11 is 0. The van der Waals surface area contributed by atoms with Crippen LogP contribution in [0.15, 0.2) is 24.3 Å². The van der Waals surface area contributed by atoms with E-state index in [-0.39, 0.29) is 5.41 Å². The molecule has 0 radical (unpaired) electrons. The molecule has 3 rings (SSSR count). The predicted octanol–water partition coefficient (Wildman–Crippen LogP) is 1.66. The van der Waals surface area contributed by atoms with Crippen molar-refractivity contribution in [3.63, 3.8) is 0 Å². The molecule has 17 heavy (non-hydrogen) atoms. The fourth-order valence-corrected chi connectivity index (χ4v) is 2.80. The quantitative estimate of drug-likeness (QED) is 0.785. The van der Waals surface area contributed by atoms with E-state index in [9.17, 15) is 0 Å². The molecule has 1 aliphatic carbocycles.